The first-order valence-electron chi connectivity index (χ1n) is 7.07. The molecule has 0 saturated carbocycles. The number of aliphatic hydroxyl groups is 1. The summed E-state index contributed by atoms with van der Waals surface area (Å²) < 4.78 is 5.58. The van der Waals surface area contributed by atoms with Crippen LogP contribution in [0.3, 0.4) is 0 Å². The van der Waals surface area contributed by atoms with Crippen LogP contribution < -0.4 is 4.74 Å². The summed E-state index contributed by atoms with van der Waals surface area (Å²) in [6.45, 7) is 6.90. The van der Waals surface area contributed by atoms with Crippen molar-refractivity contribution < 1.29 is 14.6 Å². The largest absolute Gasteiger partial charge is 0.484 e. The van der Waals surface area contributed by atoms with Gasteiger partial charge in [0.1, 0.15) is 5.75 Å². The van der Waals surface area contributed by atoms with Crippen LogP contribution >= 0.6 is 0 Å². The maximum atomic E-state index is 12.1. The molecule has 0 aromatic heterocycles. The summed E-state index contributed by atoms with van der Waals surface area (Å²) >= 11 is 0. The molecule has 0 radical (unpaired) electrons. The van der Waals surface area contributed by atoms with Crippen molar-refractivity contribution in [1.29, 1.82) is 0 Å². The lowest BCUT2D eigenvalue weighted by Crippen LogP contribution is -2.49. The van der Waals surface area contributed by atoms with E-state index in [1.54, 1.807) is 11.8 Å². The zero-order chi connectivity index (χ0) is 14.8. The fourth-order valence-corrected chi connectivity index (χ4v) is 2.69. The lowest BCUT2D eigenvalue weighted by Gasteiger charge is -2.36. The summed E-state index contributed by atoms with van der Waals surface area (Å²) in [4.78, 5) is 13.8. The van der Waals surface area contributed by atoms with E-state index in [2.05, 4.69) is 6.07 Å². The van der Waals surface area contributed by atoms with Gasteiger partial charge in [-0.05, 0) is 56.9 Å². The average molecular weight is 277 g/mol. The van der Waals surface area contributed by atoms with Crippen molar-refractivity contribution in [1.82, 2.24) is 4.90 Å². The van der Waals surface area contributed by atoms with E-state index >= 15 is 0 Å². The number of amides is 1. The molecule has 1 atom stereocenters. The topological polar surface area (TPSA) is 49.8 Å². The molecule has 1 heterocycles. The van der Waals surface area contributed by atoms with Crippen molar-refractivity contribution in [3.63, 3.8) is 0 Å². The second-order valence-corrected chi connectivity index (χ2v) is 6.03. The molecule has 4 heteroatoms. The standard InChI is InChI=1S/C16H23NO3/c1-12-7-13(2)9-14(8-12)20-10-15(18)17-6-4-5-16(3,19)11-17/h7-9,19H,4-6,10-11H2,1-3H3. The summed E-state index contributed by atoms with van der Waals surface area (Å²) in [6, 6.07) is 5.91. The molecule has 1 saturated heterocycles. The fraction of sp³-hybridized carbons (Fsp3) is 0.562. The number of nitrogens with zero attached hydrogens (tertiary/aromatic N) is 1. The van der Waals surface area contributed by atoms with Gasteiger partial charge in [0, 0.05) is 13.1 Å². The van der Waals surface area contributed by atoms with Crippen LogP contribution in [0.25, 0.3) is 0 Å². The molecule has 1 unspecified atom stereocenters. The molecule has 0 bridgehead atoms. The Morgan fingerprint density at radius 1 is 1.35 bits per heavy atom. The van der Waals surface area contributed by atoms with Gasteiger partial charge in [-0.1, -0.05) is 6.07 Å². The van der Waals surface area contributed by atoms with Crippen molar-refractivity contribution in [3.8, 4) is 5.75 Å². The lowest BCUT2D eigenvalue weighted by molar-refractivity contribution is -0.139. The van der Waals surface area contributed by atoms with Crippen LogP contribution in [0.15, 0.2) is 18.2 Å². The number of rotatable bonds is 3. The highest BCUT2D eigenvalue weighted by Gasteiger charge is 2.30. The number of carbonyl (C=O) groups is 1. The number of hydrogen-bond donors (Lipinski definition) is 1. The number of aryl methyl sites for hydroxylation is 2. The number of piperidine rings is 1. The Balaban J connectivity index is 1.91. The Hall–Kier alpha value is -1.55. The molecule has 1 aliphatic heterocycles. The highest BCUT2D eigenvalue weighted by atomic mass is 16.5. The molecule has 0 spiro atoms. The highest BCUT2D eigenvalue weighted by molar-refractivity contribution is 5.78. The smallest absolute Gasteiger partial charge is 0.260 e. The van der Waals surface area contributed by atoms with E-state index < -0.39 is 5.60 Å². The van der Waals surface area contributed by atoms with Gasteiger partial charge in [0.25, 0.3) is 5.91 Å². The quantitative estimate of drug-likeness (QED) is 0.920. The Bertz CT molecular complexity index is 476. The fourth-order valence-electron chi connectivity index (χ4n) is 2.69. The second-order valence-electron chi connectivity index (χ2n) is 6.03. The Morgan fingerprint density at radius 2 is 2.00 bits per heavy atom. The summed E-state index contributed by atoms with van der Waals surface area (Å²) in [7, 11) is 0. The van der Waals surface area contributed by atoms with Crippen LogP contribution in [0.2, 0.25) is 0 Å². The monoisotopic (exact) mass is 277 g/mol. The molecule has 1 N–H and O–H groups in total. The van der Waals surface area contributed by atoms with Crippen molar-refractivity contribution >= 4 is 5.91 Å². The SMILES string of the molecule is Cc1cc(C)cc(OCC(=O)N2CCCC(C)(O)C2)c1. The van der Waals surface area contributed by atoms with E-state index in [0.717, 1.165) is 29.7 Å². The minimum absolute atomic E-state index is 0.0268. The first-order chi connectivity index (χ1) is 9.35. The van der Waals surface area contributed by atoms with E-state index in [1.807, 2.05) is 26.0 Å². The molecule has 1 amide bonds. The zero-order valence-electron chi connectivity index (χ0n) is 12.5. The van der Waals surface area contributed by atoms with Gasteiger partial charge >= 0.3 is 0 Å². The van der Waals surface area contributed by atoms with Gasteiger partial charge in [-0.3, -0.25) is 4.79 Å². The van der Waals surface area contributed by atoms with Gasteiger partial charge in [0.15, 0.2) is 6.61 Å². The van der Waals surface area contributed by atoms with Crippen molar-refractivity contribution in [2.75, 3.05) is 19.7 Å². The Labute approximate surface area is 120 Å². The molecule has 0 aliphatic carbocycles. The van der Waals surface area contributed by atoms with Crippen LogP contribution in [0.1, 0.15) is 30.9 Å². The molecule has 110 valence electrons. The first-order valence-corrected chi connectivity index (χ1v) is 7.07. The third-order valence-corrected chi connectivity index (χ3v) is 3.59. The van der Waals surface area contributed by atoms with Crippen molar-refractivity contribution in [2.45, 2.75) is 39.2 Å². The average Bonchev–Trinajstić information content (AvgIpc) is 2.33. The highest BCUT2D eigenvalue weighted by Crippen LogP contribution is 2.21. The first kappa shape index (κ1) is 14.9. The summed E-state index contributed by atoms with van der Waals surface area (Å²) in [5.74, 6) is 0.656. The van der Waals surface area contributed by atoms with Crippen LogP contribution in [-0.2, 0) is 4.79 Å². The van der Waals surface area contributed by atoms with E-state index in [0.29, 0.717) is 13.1 Å². The summed E-state index contributed by atoms with van der Waals surface area (Å²) in [5, 5.41) is 10.0. The van der Waals surface area contributed by atoms with Crippen LogP contribution in [-0.4, -0.2) is 41.2 Å². The third kappa shape index (κ3) is 3.97. The van der Waals surface area contributed by atoms with E-state index in [-0.39, 0.29) is 12.5 Å². The van der Waals surface area contributed by atoms with Gasteiger partial charge in [-0.25, -0.2) is 0 Å². The minimum Gasteiger partial charge on any atom is -0.484 e. The van der Waals surface area contributed by atoms with E-state index in [9.17, 15) is 9.90 Å². The number of carbonyl (C=O) groups excluding carboxylic acids is 1. The molecule has 1 aromatic carbocycles. The predicted octanol–water partition coefficient (Wildman–Crippen LogP) is 2.06. The molecule has 1 aromatic rings. The van der Waals surface area contributed by atoms with E-state index in [1.165, 1.54) is 0 Å². The molecular weight excluding hydrogens is 254 g/mol. The maximum absolute atomic E-state index is 12.1. The van der Waals surface area contributed by atoms with Gasteiger partial charge < -0.3 is 14.7 Å². The van der Waals surface area contributed by atoms with Crippen LogP contribution in [0.5, 0.6) is 5.75 Å². The third-order valence-electron chi connectivity index (χ3n) is 3.59. The molecular formula is C16H23NO3. The maximum Gasteiger partial charge on any atom is 0.260 e. The summed E-state index contributed by atoms with van der Waals surface area (Å²) in [5.41, 5.74) is 1.47. The summed E-state index contributed by atoms with van der Waals surface area (Å²) in [6.07, 6.45) is 1.58. The minimum atomic E-state index is -0.770. The molecule has 4 nitrogen and oxygen atoms in total. The van der Waals surface area contributed by atoms with Gasteiger partial charge in [0.05, 0.1) is 5.60 Å². The van der Waals surface area contributed by atoms with Gasteiger partial charge in [-0.15, -0.1) is 0 Å². The number of likely N-dealkylation sites (tertiary alicyclic amines) is 1. The van der Waals surface area contributed by atoms with E-state index in [4.69, 9.17) is 4.74 Å². The Kier molecular flexibility index (Phi) is 4.33. The van der Waals surface area contributed by atoms with Crippen molar-refractivity contribution in [2.24, 2.45) is 0 Å². The number of β-amino-alcohol motifs (C(OH)–C–C–N with tert-alkyl or cyclic N) is 1. The number of hydrogen-bond acceptors (Lipinski definition) is 3. The molecule has 1 fully saturated rings. The van der Waals surface area contributed by atoms with Gasteiger partial charge in [-0.2, -0.15) is 0 Å². The molecule has 20 heavy (non-hydrogen) atoms. The normalized spacial score (nSPS) is 22.7. The zero-order valence-corrected chi connectivity index (χ0v) is 12.5. The number of benzene rings is 1. The van der Waals surface area contributed by atoms with Crippen LogP contribution in [0.4, 0.5) is 0 Å². The van der Waals surface area contributed by atoms with Crippen molar-refractivity contribution in [3.05, 3.63) is 29.3 Å². The second kappa shape index (κ2) is 5.83. The lowest BCUT2D eigenvalue weighted by atomic mass is 9.95. The molecule has 2 rings (SSSR count). The Morgan fingerprint density at radius 3 is 2.60 bits per heavy atom. The van der Waals surface area contributed by atoms with Crippen LogP contribution in [0, 0.1) is 13.8 Å². The van der Waals surface area contributed by atoms with Gasteiger partial charge in [0.2, 0.25) is 0 Å². The number of ether oxygens (including phenoxy) is 1. The molecule has 1 aliphatic rings. The predicted molar refractivity (Wildman–Crippen MR) is 77.8 cm³/mol.